The average molecular weight is 530 g/mol. The highest BCUT2D eigenvalue weighted by Gasteiger charge is 2.22. The fraction of sp³-hybridized carbons (Fsp3) is 0.611. The van der Waals surface area contributed by atoms with Crippen molar-refractivity contribution >= 4 is 40.0 Å². The number of nitrogens with zero attached hydrogens (tertiary/aromatic N) is 1. The lowest BCUT2D eigenvalue weighted by molar-refractivity contribution is 0.198. The quantitative estimate of drug-likeness (QED) is 0.246. The standard InChI is InChI=1S/C18H31FN4O3S.HI/c1-6-15(26-16-10-8-9-14(19)11-16)12-21-17(20-7-2)22-13-18(3,4)23-27(5,24)25;/h8-11,15,23H,6-7,12-13H2,1-5H3,(H2,20,21,22);1H. The van der Waals surface area contributed by atoms with Gasteiger partial charge in [0.1, 0.15) is 17.7 Å². The summed E-state index contributed by atoms with van der Waals surface area (Å²) in [6, 6.07) is 6.03. The minimum absolute atomic E-state index is 0. The van der Waals surface area contributed by atoms with Crippen LogP contribution >= 0.6 is 24.0 Å². The molecule has 0 aliphatic carbocycles. The zero-order valence-electron chi connectivity index (χ0n) is 17.1. The number of nitrogens with one attached hydrogen (secondary N) is 3. The minimum atomic E-state index is -3.32. The Hall–Kier alpha value is -1.14. The Bertz CT molecular complexity index is 729. The number of hydrogen-bond acceptors (Lipinski definition) is 4. The molecule has 0 aliphatic rings. The van der Waals surface area contributed by atoms with E-state index in [4.69, 9.17) is 4.74 Å². The molecule has 0 aliphatic heterocycles. The molecule has 0 aromatic heterocycles. The minimum Gasteiger partial charge on any atom is -0.489 e. The number of guanidine groups is 1. The van der Waals surface area contributed by atoms with Crippen LogP contribution in [-0.2, 0) is 10.0 Å². The first kappa shape index (κ1) is 26.9. The van der Waals surface area contributed by atoms with E-state index in [1.165, 1.54) is 12.1 Å². The molecule has 162 valence electrons. The monoisotopic (exact) mass is 530 g/mol. The van der Waals surface area contributed by atoms with Gasteiger partial charge in [-0.3, -0.25) is 4.99 Å². The number of aliphatic imine (C=N–C) groups is 1. The Kier molecular flexibility index (Phi) is 11.9. The van der Waals surface area contributed by atoms with Crippen molar-refractivity contribution in [2.75, 3.05) is 25.9 Å². The van der Waals surface area contributed by atoms with Crippen LogP contribution in [0.3, 0.4) is 0 Å². The van der Waals surface area contributed by atoms with E-state index >= 15 is 0 Å². The van der Waals surface area contributed by atoms with Crippen LogP contribution < -0.4 is 20.1 Å². The zero-order valence-corrected chi connectivity index (χ0v) is 20.2. The normalized spacial score (nSPS) is 13.4. The maximum atomic E-state index is 13.3. The van der Waals surface area contributed by atoms with Crippen LogP contribution in [0.2, 0.25) is 0 Å². The van der Waals surface area contributed by atoms with Crippen LogP contribution in [0.15, 0.2) is 29.3 Å². The van der Waals surface area contributed by atoms with Gasteiger partial charge in [0.25, 0.3) is 0 Å². The van der Waals surface area contributed by atoms with Crippen molar-refractivity contribution < 1.29 is 17.5 Å². The number of ether oxygens (including phenoxy) is 1. The van der Waals surface area contributed by atoms with Gasteiger partial charge in [-0.25, -0.2) is 17.5 Å². The van der Waals surface area contributed by atoms with Gasteiger partial charge in [0, 0.05) is 18.2 Å². The molecule has 0 saturated carbocycles. The summed E-state index contributed by atoms with van der Waals surface area (Å²) in [5.74, 6) is 0.692. The molecule has 1 rings (SSSR count). The van der Waals surface area contributed by atoms with Gasteiger partial charge in [-0.2, -0.15) is 0 Å². The molecular weight excluding hydrogens is 498 g/mol. The molecule has 7 nitrogen and oxygen atoms in total. The van der Waals surface area contributed by atoms with Gasteiger partial charge in [-0.05, 0) is 39.3 Å². The van der Waals surface area contributed by atoms with E-state index in [2.05, 4.69) is 20.3 Å². The first-order chi connectivity index (χ1) is 12.5. The fourth-order valence-corrected chi connectivity index (χ4v) is 3.43. The van der Waals surface area contributed by atoms with E-state index in [9.17, 15) is 12.8 Å². The van der Waals surface area contributed by atoms with Crippen LogP contribution in [-0.4, -0.2) is 51.9 Å². The summed E-state index contributed by atoms with van der Waals surface area (Å²) < 4.78 is 44.5. The summed E-state index contributed by atoms with van der Waals surface area (Å²) >= 11 is 0. The number of hydrogen-bond donors (Lipinski definition) is 3. The van der Waals surface area contributed by atoms with Gasteiger partial charge in [-0.1, -0.05) is 13.0 Å². The van der Waals surface area contributed by atoms with Crippen LogP contribution in [0.5, 0.6) is 5.75 Å². The molecular formula is C18H32FIN4O3S. The third-order valence-electron chi connectivity index (χ3n) is 3.49. The van der Waals surface area contributed by atoms with Crippen molar-refractivity contribution in [2.45, 2.75) is 45.8 Å². The molecule has 1 aromatic rings. The summed E-state index contributed by atoms with van der Waals surface area (Å²) in [6.07, 6.45) is 1.68. The Morgan fingerprint density at radius 3 is 2.50 bits per heavy atom. The molecule has 1 atom stereocenters. The molecule has 1 aromatic carbocycles. The van der Waals surface area contributed by atoms with E-state index < -0.39 is 15.6 Å². The average Bonchev–Trinajstić information content (AvgIpc) is 2.54. The molecule has 0 saturated heterocycles. The number of rotatable bonds is 10. The van der Waals surface area contributed by atoms with Gasteiger partial charge < -0.3 is 15.4 Å². The van der Waals surface area contributed by atoms with E-state index in [1.54, 1.807) is 26.0 Å². The highest BCUT2D eigenvalue weighted by atomic mass is 127. The van der Waals surface area contributed by atoms with E-state index in [0.29, 0.717) is 24.8 Å². The largest absolute Gasteiger partial charge is 0.489 e. The predicted molar refractivity (Wildman–Crippen MR) is 123 cm³/mol. The van der Waals surface area contributed by atoms with Crippen molar-refractivity contribution in [1.29, 1.82) is 0 Å². The second-order valence-corrected chi connectivity index (χ2v) is 8.69. The van der Waals surface area contributed by atoms with Gasteiger partial charge in [-0.15, -0.1) is 24.0 Å². The maximum Gasteiger partial charge on any atom is 0.209 e. The molecule has 3 N–H and O–H groups in total. The first-order valence-corrected chi connectivity index (χ1v) is 10.9. The highest BCUT2D eigenvalue weighted by molar-refractivity contribution is 14.0. The van der Waals surface area contributed by atoms with Crippen molar-refractivity contribution in [3.63, 3.8) is 0 Å². The molecule has 0 heterocycles. The van der Waals surface area contributed by atoms with Gasteiger partial charge in [0.15, 0.2) is 5.96 Å². The maximum absolute atomic E-state index is 13.3. The van der Waals surface area contributed by atoms with Crippen LogP contribution in [0.25, 0.3) is 0 Å². The van der Waals surface area contributed by atoms with E-state index in [1.807, 2.05) is 13.8 Å². The number of benzene rings is 1. The second-order valence-electron chi connectivity index (χ2n) is 6.94. The SMILES string of the molecule is CCNC(=NCC(C)(C)NS(C)(=O)=O)NCC(CC)Oc1cccc(F)c1.I. The van der Waals surface area contributed by atoms with Crippen LogP contribution in [0, 0.1) is 5.82 Å². The summed E-state index contributed by atoms with van der Waals surface area (Å²) in [7, 11) is -3.32. The lowest BCUT2D eigenvalue weighted by atomic mass is 10.1. The summed E-state index contributed by atoms with van der Waals surface area (Å²) in [5.41, 5.74) is -0.710. The van der Waals surface area contributed by atoms with Crippen molar-refractivity contribution in [2.24, 2.45) is 4.99 Å². The van der Waals surface area contributed by atoms with E-state index in [0.717, 1.165) is 12.7 Å². The van der Waals surface area contributed by atoms with Gasteiger partial charge in [0.2, 0.25) is 10.0 Å². The van der Waals surface area contributed by atoms with Crippen molar-refractivity contribution in [3.8, 4) is 5.75 Å². The molecule has 0 fully saturated rings. The summed E-state index contributed by atoms with van der Waals surface area (Å²) in [5, 5.41) is 6.30. The Morgan fingerprint density at radius 2 is 1.96 bits per heavy atom. The smallest absolute Gasteiger partial charge is 0.209 e. The number of halogens is 2. The van der Waals surface area contributed by atoms with Crippen molar-refractivity contribution in [1.82, 2.24) is 15.4 Å². The molecule has 0 bridgehead atoms. The molecule has 0 radical (unpaired) electrons. The lowest BCUT2D eigenvalue weighted by Crippen LogP contribution is -2.47. The molecule has 10 heteroatoms. The fourth-order valence-electron chi connectivity index (χ4n) is 2.37. The molecule has 0 spiro atoms. The summed E-state index contributed by atoms with van der Waals surface area (Å²) in [6.45, 7) is 8.85. The van der Waals surface area contributed by atoms with Crippen molar-refractivity contribution in [3.05, 3.63) is 30.1 Å². The number of sulfonamides is 1. The molecule has 1 unspecified atom stereocenters. The molecule has 28 heavy (non-hydrogen) atoms. The topological polar surface area (TPSA) is 91.8 Å². The summed E-state index contributed by atoms with van der Waals surface area (Å²) in [4.78, 5) is 4.45. The van der Waals surface area contributed by atoms with Gasteiger partial charge >= 0.3 is 0 Å². The third kappa shape index (κ3) is 11.6. The van der Waals surface area contributed by atoms with Gasteiger partial charge in [0.05, 0.1) is 19.3 Å². The predicted octanol–water partition coefficient (Wildman–Crippen LogP) is 2.48. The molecule has 0 amide bonds. The van der Waals surface area contributed by atoms with Crippen LogP contribution in [0.1, 0.15) is 34.1 Å². The Morgan fingerprint density at radius 1 is 1.29 bits per heavy atom. The Balaban J connectivity index is 0.00000729. The Labute approximate surface area is 185 Å². The second kappa shape index (κ2) is 12.4. The van der Waals surface area contributed by atoms with E-state index in [-0.39, 0.29) is 42.4 Å². The zero-order chi connectivity index (χ0) is 20.5. The highest BCUT2D eigenvalue weighted by Crippen LogP contribution is 2.14. The third-order valence-corrected chi connectivity index (χ3v) is 4.41. The first-order valence-electron chi connectivity index (χ1n) is 8.98. The lowest BCUT2D eigenvalue weighted by Gasteiger charge is -2.24. The van der Waals surface area contributed by atoms with Crippen LogP contribution in [0.4, 0.5) is 4.39 Å².